The molecule has 0 fully saturated rings. The standard InChI is InChI=1S/C14H29ClOS/c1-3-5-7-8-11-17-12-10-16-14(13-15)9-6-4-2/h14H,3-13H2,1-2H3. The summed E-state index contributed by atoms with van der Waals surface area (Å²) >= 11 is 7.88. The molecule has 0 rings (SSSR count). The highest BCUT2D eigenvalue weighted by molar-refractivity contribution is 7.99. The molecule has 3 heteroatoms. The summed E-state index contributed by atoms with van der Waals surface area (Å²) in [5.74, 6) is 3.04. The van der Waals surface area contributed by atoms with Crippen molar-refractivity contribution in [2.24, 2.45) is 0 Å². The van der Waals surface area contributed by atoms with Gasteiger partial charge in [0.2, 0.25) is 0 Å². The normalized spacial score (nSPS) is 12.9. The number of hydrogen-bond donors (Lipinski definition) is 0. The zero-order valence-corrected chi connectivity index (χ0v) is 13.1. The van der Waals surface area contributed by atoms with Gasteiger partial charge in [-0.3, -0.25) is 0 Å². The van der Waals surface area contributed by atoms with Crippen LogP contribution < -0.4 is 0 Å². The molecule has 0 aliphatic heterocycles. The van der Waals surface area contributed by atoms with Crippen LogP contribution in [0.1, 0.15) is 58.8 Å². The zero-order valence-electron chi connectivity index (χ0n) is 11.5. The fraction of sp³-hybridized carbons (Fsp3) is 1.00. The van der Waals surface area contributed by atoms with Gasteiger partial charge in [0, 0.05) is 11.6 Å². The molecule has 0 aliphatic carbocycles. The van der Waals surface area contributed by atoms with Crippen molar-refractivity contribution in [3.8, 4) is 0 Å². The topological polar surface area (TPSA) is 9.23 Å². The minimum Gasteiger partial charge on any atom is -0.376 e. The number of thioether (sulfide) groups is 1. The maximum Gasteiger partial charge on any atom is 0.0710 e. The van der Waals surface area contributed by atoms with Crippen molar-refractivity contribution in [1.82, 2.24) is 0 Å². The van der Waals surface area contributed by atoms with Crippen LogP contribution in [-0.2, 0) is 4.74 Å². The lowest BCUT2D eigenvalue weighted by Gasteiger charge is -2.14. The molecule has 0 radical (unpaired) electrons. The second kappa shape index (κ2) is 14.7. The van der Waals surface area contributed by atoms with E-state index in [9.17, 15) is 0 Å². The van der Waals surface area contributed by atoms with E-state index in [1.165, 1.54) is 44.3 Å². The van der Waals surface area contributed by atoms with Gasteiger partial charge in [0.15, 0.2) is 0 Å². The van der Waals surface area contributed by atoms with Crippen LogP contribution in [0.15, 0.2) is 0 Å². The molecule has 1 atom stereocenters. The van der Waals surface area contributed by atoms with E-state index in [4.69, 9.17) is 16.3 Å². The van der Waals surface area contributed by atoms with Crippen molar-refractivity contribution < 1.29 is 4.74 Å². The Bertz CT molecular complexity index is 144. The summed E-state index contributed by atoms with van der Waals surface area (Å²) < 4.78 is 5.77. The Kier molecular flexibility index (Phi) is 15.2. The molecule has 0 aliphatic rings. The van der Waals surface area contributed by atoms with E-state index in [2.05, 4.69) is 13.8 Å². The van der Waals surface area contributed by atoms with Crippen molar-refractivity contribution in [2.45, 2.75) is 64.9 Å². The number of hydrogen-bond acceptors (Lipinski definition) is 2. The highest BCUT2D eigenvalue weighted by atomic mass is 35.5. The molecule has 104 valence electrons. The van der Waals surface area contributed by atoms with Crippen molar-refractivity contribution in [3.63, 3.8) is 0 Å². The molecule has 0 spiro atoms. The molecule has 0 N–H and O–H groups in total. The third-order valence-electron chi connectivity index (χ3n) is 2.78. The number of alkyl halides is 1. The van der Waals surface area contributed by atoms with Crippen LogP contribution in [0.4, 0.5) is 0 Å². The number of ether oxygens (including phenoxy) is 1. The minimum absolute atomic E-state index is 0.275. The van der Waals surface area contributed by atoms with Crippen LogP contribution in [0.5, 0.6) is 0 Å². The average molecular weight is 281 g/mol. The SMILES string of the molecule is CCCCCCSCCOC(CCl)CCCC. The first kappa shape index (κ1) is 17.6. The Morgan fingerprint density at radius 3 is 2.41 bits per heavy atom. The van der Waals surface area contributed by atoms with E-state index in [1.54, 1.807) is 0 Å². The summed E-state index contributed by atoms with van der Waals surface area (Å²) in [6, 6.07) is 0. The number of rotatable bonds is 13. The van der Waals surface area contributed by atoms with Crippen LogP contribution in [0.3, 0.4) is 0 Å². The highest BCUT2D eigenvalue weighted by Crippen LogP contribution is 2.10. The number of unbranched alkanes of at least 4 members (excludes halogenated alkanes) is 4. The third-order valence-corrected chi connectivity index (χ3v) is 4.15. The first-order chi connectivity index (χ1) is 8.35. The molecular formula is C14H29ClOS. The van der Waals surface area contributed by atoms with Crippen molar-refractivity contribution in [3.05, 3.63) is 0 Å². The highest BCUT2D eigenvalue weighted by Gasteiger charge is 2.06. The Morgan fingerprint density at radius 1 is 1.00 bits per heavy atom. The smallest absolute Gasteiger partial charge is 0.0710 e. The Hall–Kier alpha value is 0.600. The van der Waals surface area contributed by atoms with E-state index >= 15 is 0 Å². The van der Waals surface area contributed by atoms with Gasteiger partial charge in [-0.15, -0.1) is 11.6 Å². The molecule has 0 saturated carbocycles. The van der Waals surface area contributed by atoms with Gasteiger partial charge < -0.3 is 4.74 Å². The Morgan fingerprint density at radius 2 is 1.76 bits per heavy atom. The van der Waals surface area contributed by atoms with Gasteiger partial charge in [0.25, 0.3) is 0 Å². The molecule has 1 unspecified atom stereocenters. The molecular weight excluding hydrogens is 252 g/mol. The first-order valence-corrected chi connectivity index (χ1v) is 8.79. The van der Waals surface area contributed by atoms with Crippen LogP contribution in [0, 0.1) is 0 Å². The maximum absolute atomic E-state index is 5.87. The maximum atomic E-state index is 5.87. The van der Waals surface area contributed by atoms with E-state index in [0.29, 0.717) is 5.88 Å². The van der Waals surface area contributed by atoms with Gasteiger partial charge >= 0.3 is 0 Å². The van der Waals surface area contributed by atoms with Gasteiger partial charge in [0.1, 0.15) is 0 Å². The largest absolute Gasteiger partial charge is 0.376 e. The molecule has 0 bridgehead atoms. The Labute approximate surface area is 117 Å². The fourth-order valence-corrected chi connectivity index (χ4v) is 2.71. The second-order valence-electron chi connectivity index (χ2n) is 4.46. The molecule has 0 saturated heterocycles. The monoisotopic (exact) mass is 280 g/mol. The zero-order chi connectivity index (χ0) is 12.8. The quantitative estimate of drug-likeness (QED) is 0.342. The summed E-state index contributed by atoms with van der Waals surface area (Å²) in [7, 11) is 0. The second-order valence-corrected chi connectivity index (χ2v) is 6.00. The lowest BCUT2D eigenvalue weighted by molar-refractivity contribution is 0.0731. The van der Waals surface area contributed by atoms with E-state index < -0.39 is 0 Å². The van der Waals surface area contributed by atoms with Crippen molar-refractivity contribution >= 4 is 23.4 Å². The third kappa shape index (κ3) is 12.8. The summed E-state index contributed by atoms with van der Waals surface area (Å²) in [4.78, 5) is 0. The molecule has 1 nitrogen and oxygen atoms in total. The molecule has 0 aromatic carbocycles. The summed E-state index contributed by atoms with van der Waals surface area (Å²) in [5.41, 5.74) is 0. The lowest BCUT2D eigenvalue weighted by Crippen LogP contribution is -2.16. The predicted molar refractivity (Wildman–Crippen MR) is 81.5 cm³/mol. The van der Waals surface area contributed by atoms with Crippen LogP contribution in [0.25, 0.3) is 0 Å². The first-order valence-electron chi connectivity index (χ1n) is 7.10. The summed E-state index contributed by atoms with van der Waals surface area (Å²) in [6.07, 6.45) is 9.27. The van der Waals surface area contributed by atoms with Crippen LogP contribution in [-0.4, -0.2) is 30.1 Å². The van der Waals surface area contributed by atoms with Crippen molar-refractivity contribution in [2.75, 3.05) is 24.0 Å². The van der Waals surface area contributed by atoms with E-state index in [0.717, 1.165) is 18.8 Å². The number of halogens is 1. The van der Waals surface area contributed by atoms with Gasteiger partial charge in [-0.25, -0.2) is 0 Å². The van der Waals surface area contributed by atoms with Crippen LogP contribution >= 0.6 is 23.4 Å². The molecule has 0 heterocycles. The fourth-order valence-electron chi connectivity index (χ4n) is 1.64. The molecule has 0 amide bonds. The van der Waals surface area contributed by atoms with Crippen molar-refractivity contribution in [1.29, 1.82) is 0 Å². The summed E-state index contributed by atoms with van der Waals surface area (Å²) in [6.45, 7) is 5.32. The van der Waals surface area contributed by atoms with Gasteiger partial charge in [-0.05, 0) is 18.6 Å². The van der Waals surface area contributed by atoms with Crippen LogP contribution in [0.2, 0.25) is 0 Å². The molecule has 0 aromatic rings. The van der Waals surface area contributed by atoms with Gasteiger partial charge in [0.05, 0.1) is 12.7 Å². The summed E-state index contributed by atoms with van der Waals surface area (Å²) in [5, 5.41) is 0. The molecule has 0 aromatic heterocycles. The Balaban J connectivity index is 3.19. The lowest BCUT2D eigenvalue weighted by atomic mass is 10.2. The van der Waals surface area contributed by atoms with E-state index in [1.807, 2.05) is 11.8 Å². The predicted octanol–water partition coefficient (Wildman–Crippen LogP) is 5.11. The van der Waals surface area contributed by atoms with E-state index in [-0.39, 0.29) is 6.10 Å². The van der Waals surface area contributed by atoms with Gasteiger partial charge in [-0.2, -0.15) is 11.8 Å². The minimum atomic E-state index is 0.275. The average Bonchev–Trinajstić information content (AvgIpc) is 2.36. The van der Waals surface area contributed by atoms with Gasteiger partial charge in [-0.1, -0.05) is 46.0 Å². The molecule has 17 heavy (non-hydrogen) atoms.